The first-order valence-corrected chi connectivity index (χ1v) is 17.2. The lowest BCUT2D eigenvalue weighted by molar-refractivity contribution is 1.28. The molecule has 48 heavy (non-hydrogen) atoms. The van der Waals surface area contributed by atoms with Gasteiger partial charge in [-0.05, 0) is 87.1 Å². The fourth-order valence-corrected chi connectivity index (χ4v) is 8.19. The average molecular weight is 630 g/mol. The van der Waals surface area contributed by atoms with E-state index in [-0.39, 0.29) is 0 Å². The molecule has 2 heteroatoms. The van der Waals surface area contributed by atoms with Crippen molar-refractivity contribution in [3.63, 3.8) is 0 Å². The van der Waals surface area contributed by atoms with E-state index in [1.807, 2.05) is 11.3 Å². The molecule has 1 nitrogen and oxygen atoms in total. The van der Waals surface area contributed by atoms with Crippen molar-refractivity contribution in [1.29, 1.82) is 0 Å². The molecule has 226 valence electrons. The van der Waals surface area contributed by atoms with Crippen LogP contribution >= 0.6 is 11.3 Å². The third-order valence-corrected chi connectivity index (χ3v) is 10.4. The van der Waals surface area contributed by atoms with Gasteiger partial charge in [-0.2, -0.15) is 0 Å². The fourth-order valence-electron chi connectivity index (χ4n) is 7.05. The van der Waals surface area contributed by atoms with E-state index in [9.17, 15) is 0 Å². The van der Waals surface area contributed by atoms with Crippen LogP contribution in [0.15, 0.2) is 188 Å². The number of benzene rings is 8. The predicted octanol–water partition coefficient (Wildman–Crippen LogP) is 13.7. The maximum Gasteiger partial charge on any atom is 0.0540 e. The molecule has 8 aromatic carbocycles. The molecule has 0 aliphatic heterocycles. The summed E-state index contributed by atoms with van der Waals surface area (Å²) < 4.78 is 2.65. The van der Waals surface area contributed by atoms with Crippen LogP contribution in [0, 0.1) is 0 Å². The Hall–Kier alpha value is -5.96. The molecule has 0 aliphatic carbocycles. The summed E-state index contributed by atoms with van der Waals surface area (Å²) in [7, 11) is 0. The van der Waals surface area contributed by atoms with Crippen LogP contribution in [-0.4, -0.2) is 0 Å². The van der Waals surface area contributed by atoms with Crippen molar-refractivity contribution in [2.24, 2.45) is 0 Å². The van der Waals surface area contributed by atoms with Crippen molar-refractivity contribution in [1.82, 2.24) is 0 Å². The summed E-state index contributed by atoms with van der Waals surface area (Å²) in [4.78, 5) is 2.38. The van der Waals surface area contributed by atoms with E-state index >= 15 is 0 Å². The van der Waals surface area contributed by atoms with Crippen LogP contribution in [0.2, 0.25) is 0 Å². The molecule has 1 heterocycles. The number of thiophene rings is 1. The van der Waals surface area contributed by atoms with E-state index in [4.69, 9.17) is 0 Å². The zero-order chi connectivity index (χ0) is 31.9. The Morgan fingerprint density at radius 2 is 0.938 bits per heavy atom. The maximum absolute atomic E-state index is 2.38. The molecule has 0 fully saturated rings. The van der Waals surface area contributed by atoms with Crippen molar-refractivity contribution >= 4 is 59.3 Å². The molecule has 0 N–H and O–H groups in total. The van der Waals surface area contributed by atoms with Crippen molar-refractivity contribution in [3.8, 4) is 33.4 Å². The number of anilines is 3. The number of hydrogen-bond donors (Lipinski definition) is 0. The fraction of sp³-hybridized carbons (Fsp3) is 0. The number of rotatable bonds is 6. The second-order valence-corrected chi connectivity index (χ2v) is 13.2. The van der Waals surface area contributed by atoms with E-state index in [1.54, 1.807) is 0 Å². The Balaban J connectivity index is 1.16. The van der Waals surface area contributed by atoms with Gasteiger partial charge in [0.2, 0.25) is 0 Å². The molecule has 0 radical (unpaired) electrons. The van der Waals surface area contributed by atoms with Gasteiger partial charge in [-0.1, -0.05) is 140 Å². The third kappa shape index (κ3) is 4.95. The van der Waals surface area contributed by atoms with E-state index in [0.717, 1.165) is 17.1 Å². The van der Waals surface area contributed by atoms with Gasteiger partial charge in [0.15, 0.2) is 0 Å². The minimum atomic E-state index is 1.12. The zero-order valence-corrected chi connectivity index (χ0v) is 27.1. The molecule has 0 amide bonds. The van der Waals surface area contributed by atoms with Crippen LogP contribution in [0.4, 0.5) is 17.1 Å². The van der Waals surface area contributed by atoms with Gasteiger partial charge in [-0.3, -0.25) is 0 Å². The molecule has 1 aromatic heterocycles. The van der Waals surface area contributed by atoms with Crippen LogP contribution in [0.5, 0.6) is 0 Å². The lowest BCUT2D eigenvalue weighted by atomic mass is 9.94. The standard InChI is InChI=1S/C46H31NS/c1-2-17-36(18-3-1)47(37-29-27-33(28-30-37)41-23-12-26-45-46(41)42-21-7-9-25-44(42)48-45)43-24-8-6-20-40(43)35-16-10-15-34(31-35)39-22-11-14-32-13-4-5-19-38(32)39/h1-31H. The summed E-state index contributed by atoms with van der Waals surface area (Å²) in [6.07, 6.45) is 0. The van der Waals surface area contributed by atoms with E-state index < -0.39 is 0 Å². The quantitative estimate of drug-likeness (QED) is 0.177. The van der Waals surface area contributed by atoms with Crippen LogP contribution in [0.3, 0.4) is 0 Å². The summed E-state index contributed by atoms with van der Waals surface area (Å²) in [5.41, 5.74) is 10.7. The molecule has 0 bridgehead atoms. The topological polar surface area (TPSA) is 3.24 Å². The molecule has 9 rings (SSSR count). The lowest BCUT2D eigenvalue weighted by Crippen LogP contribution is -2.11. The van der Waals surface area contributed by atoms with Crippen molar-refractivity contribution < 1.29 is 0 Å². The Labute approximate surface area is 284 Å². The Bertz CT molecular complexity index is 2560. The van der Waals surface area contributed by atoms with Gasteiger partial charge in [-0.15, -0.1) is 11.3 Å². The van der Waals surface area contributed by atoms with Crippen LogP contribution < -0.4 is 4.90 Å². The Morgan fingerprint density at radius 3 is 1.81 bits per heavy atom. The van der Waals surface area contributed by atoms with Crippen molar-refractivity contribution in [2.75, 3.05) is 4.90 Å². The highest BCUT2D eigenvalue weighted by Gasteiger charge is 2.18. The molecule has 0 unspecified atom stereocenters. The molecule has 0 aliphatic rings. The van der Waals surface area contributed by atoms with Gasteiger partial charge in [-0.25, -0.2) is 0 Å². The predicted molar refractivity (Wildman–Crippen MR) is 208 cm³/mol. The third-order valence-electron chi connectivity index (χ3n) is 9.27. The second kappa shape index (κ2) is 12.0. The summed E-state index contributed by atoms with van der Waals surface area (Å²) >= 11 is 1.86. The van der Waals surface area contributed by atoms with Gasteiger partial charge in [0.05, 0.1) is 5.69 Å². The van der Waals surface area contributed by atoms with Crippen molar-refractivity contribution in [3.05, 3.63) is 188 Å². The Morgan fingerprint density at radius 1 is 0.354 bits per heavy atom. The smallest absolute Gasteiger partial charge is 0.0540 e. The van der Waals surface area contributed by atoms with E-state index in [0.29, 0.717) is 0 Å². The monoisotopic (exact) mass is 629 g/mol. The van der Waals surface area contributed by atoms with E-state index in [1.165, 1.54) is 64.3 Å². The first kappa shape index (κ1) is 28.3. The Kier molecular flexibility index (Phi) is 7.07. The maximum atomic E-state index is 2.38. The number of para-hydroxylation sites is 2. The molecule has 0 saturated heterocycles. The van der Waals surface area contributed by atoms with Gasteiger partial charge in [0.25, 0.3) is 0 Å². The minimum absolute atomic E-state index is 1.12. The van der Waals surface area contributed by atoms with Crippen LogP contribution in [0.25, 0.3) is 64.3 Å². The number of hydrogen-bond acceptors (Lipinski definition) is 2. The van der Waals surface area contributed by atoms with Crippen molar-refractivity contribution in [2.45, 2.75) is 0 Å². The highest BCUT2D eigenvalue weighted by Crippen LogP contribution is 2.44. The first-order chi connectivity index (χ1) is 23.8. The van der Waals surface area contributed by atoms with Crippen LogP contribution in [-0.2, 0) is 0 Å². The number of nitrogens with zero attached hydrogens (tertiary/aromatic N) is 1. The second-order valence-electron chi connectivity index (χ2n) is 12.1. The van der Waals surface area contributed by atoms with Gasteiger partial charge >= 0.3 is 0 Å². The molecule has 0 atom stereocenters. The molecular weight excluding hydrogens is 599 g/mol. The summed E-state index contributed by atoms with van der Waals surface area (Å²) in [5, 5.41) is 5.18. The highest BCUT2D eigenvalue weighted by atomic mass is 32.1. The summed E-state index contributed by atoms with van der Waals surface area (Å²) in [6, 6.07) is 68.1. The van der Waals surface area contributed by atoms with Gasteiger partial charge < -0.3 is 4.90 Å². The van der Waals surface area contributed by atoms with Crippen LogP contribution in [0.1, 0.15) is 0 Å². The van der Waals surface area contributed by atoms with E-state index in [2.05, 4.69) is 193 Å². The van der Waals surface area contributed by atoms with Gasteiger partial charge in [0.1, 0.15) is 0 Å². The minimum Gasteiger partial charge on any atom is -0.310 e. The lowest BCUT2D eigenvalue weighted by Gasteiger charge is -2.28. The number of fused-ring (bicyclic) bond motifs is 4. The summed E-state index contributed by atoms with van der Waals surface area (Å²) in [5.74, 6) is 0. The van der Waals surface area contributed by atoms with Gasteiger partial charge in [0, 0.05) is 37.1 Å². The average Bonchev–Trinajstić information content (AvgIpc) is 3.55. The molecule has 0 spiro atoms. The molecule has 0 saturated carbocycles. The highest BCUT2D eigenvalue weighted by molar-refractivity contribution is 7.25. The molecule has 9 aromatic rings. The normalized spacial score (nSPS) is 11.3. The largest absolute Gasteiger partial charge is 0.310 e. The zero-order valence-electron chi connectivity index (χ0n) is 26.3. The summed E-state index contributed by atoms with van der Waals surface area (Å²) in [6.45, 7) is 0. The first-order valence-electron chi connectivity index (χ1n) is 16.4. The SMILES string of the molecule is c1ccc(N(c2ccc(-c3cccc4sc5ccccc5c34)cc2)c2ccccc2-c2cccc(-c3cccc4ccccc34)c2)cc1. The molecular formula is C46H31NS.